The number of para-hydroxylation sites is 1. The van der Waals surface area contributed by atoms with E-state index in [4.69, 9.17) is 0 Å². The van der Waals surface area contributed by atoms with Crippen molar-refractivity contribution in [1.82, 2.24) is 5.32 Å². The lowest BCUT2D eigenvalue weighted by molar-refractivity contribution is 0.876. The Balaban J connectivity index is 2.29. The Morgan fingerprint density at radius 3 is 2.82 bits per heavy atom. The van der Waals surface area contributed by atoms with E-state index in [9.17, 15) is 0 Å². The Morgan fingerprint density at radius 1 is 1.35 bits per heavy atom. The van der Waals surface area contributed by atoms with Gasteiger partial charge in [-0.25, -0.2) is 4.99 Å². The molecule has 0 radical (unpaired) electrons. The third-order valence-corrected chi connectivity index (χ3v) is 2.64. The lowest BCUT2D eigenvalue weighted by Crippen LogP contribution is -2.20. The second-order valence-corrected chi connectivity index (χ2v) is 3.94. The van der Waals surface area contributed by atoms with Crippen molar-refractivity contribution < 1.29 is 0 Å². The van der Waals surface area contributed by atoms with Crippen molar-refractivity contribution in [2.75, 3.05) is 11.9 Å². The van der Waals surface area contributed by atoms with E-state index in [0.717, 1.165) is 35.9 Å². The van der Waals surface area contributed by atoms with Gasteiger partial charge in [-0.1, -0.05) is 30.9 Å². The number of rotatable bonds is 3. The van der Waals surface area contributed by atoms with E-state index in [1.54, 1.807) is 0 Å². The summed E-state index contributed by atoms with van der Waals surface area (Å²) in [6.07, 6.45) is 2.80. The summed E-state index contributed by atoms with van der Waals surface area (Å²) in [7, 11) is 0. The summed E-state index contributed by atoms with van der Waals surface area (Å²) in [6, 6.07) is 10.1. The Hall–Kier alpha value is -2.03. The summed E-state index contributed by atoms with van der Waals surface area (Å²) in [4.78, 5) is 4.53. The predicted octanol–water partition coefficient (Wildman–Crippen LogP) is 2.91. The highest BCUT2D eigenvalue weighted by Crippen LogP contribution is 2.17. The highest BCUT2D eigenvalue weighted by molar-refractivity contribution is 5.81. The van der Waals surface area contributed by atoms with E-state index in [-0.39, 0.29) is 0 Å². The maximum atomic E-state index is 4.53. The molecule has 2 rings (SSSR count). The van der Waals surface area contributed by atoms with Gasteiger partial charge in [0.2, 0.25) is 0 Å². The second-order valence-electron chi connectivity index (χ2n) is 3.94. The van der Waals surface area contributed by atoms with Crippen LogP contribution in [0.15, 0.2) is 59.4 Å². The van der Waals surface area contributed by atoms with Gasteiger partial charge in [-0.3, -0.25) is 0 Å². The van der Waals surface area contributed by atoms with E-state index in [1.807, 2.05) is 43.3 Å². The smallest absolute Gasteiger partial charge is 0.135 e. The summed E-state index contributed by atoms with van der Waals surface area (Å²) in [5, 5.41) is 6.58. The molecule has 0 saturated heterocycles. The Bertz CT molecular complexity index is 458. The first kappa shape index (κ1) is 11.5. The molecule has 1 aromatic carbocycles. The largest absolute Gasteiger partial charge is 0.373 e. The zero-order valence-electron chi connectivity index (χ0n) is 10.0. The molecule has 0 aromatic heterocycles. The van der Waals surface area contributed by atoms with Gasteiger partial charge in [-0.15, -0.1) is 0 Å². The van der Waals surface area contributed by atoms with Crippen molar-refractivity contribution in [3.8, 4) is 0 Å². The molecule has 0 saturated carbocycles. The lowest BCUT2D eigenvalue weighted by atomic mass is 10.2. The fourth-order valence-electron chi connectivity index (χ4n) is 1.74. The van der Waals surface area contributed by atoms with Crippen LogP contribution in [0.4, 0.5) is 5.69 Å². The molecule has 0 fully saturated rings. The zero-order valence-corrected chi connectivity index (χ0v) is 10.0. The van der Waals surface area contributed by atoms with Crippen LogP contribution in [0.3, 0.4) is 0 Å². The number of hydrogen-bond acceptors (Lipinski definition) is 3. The van der Waals surface area contributed by atoms with Crippen molar-refractivity contribution >= 4 is 11.5 Å². The molecule has 88 valence electrons. The van der Waals surface area contributed by atoms with Gasteiger partial charge in [-0.05, 0) is 31.1 Å². The van der Waals surface area contributed by atoms with Crippen LogP contribution in [0, 0.1) is 0 Å². The van der Waals surface area contributed by atoms with Crippen molar-refractivity contribution in [2.45, 2.75) is 13.3 Å². The average molecular weight is 227 g/mol. The van der Waals surface area contributed by atoms with Crippen LogP contribution in [0.5, 0.6) is 0 Å². The SMILES string of the molecule is C=CC1=C(Nc2ccccc2)N=C(C)NCC1. The highest BCUT2D eigenvalue weighted by atomic mass is 15.1. The van der Waals surface area contributed by atoms with Crippen LogP contribution >= 0.6 is 0 Å². The highest BCUT2D eigenvalue weighted by Gasteiger charge is 2.08. The summed E-state index contributed by atoms with van der Waals surface area (Å²) in [5.74, 6) is 1.81. The monoisotopic (exact) mass is 227 g/mol. The molecule has 0 aliphatic carbocycles. The molecular weight excluding hydrogens is 210 g/mol. The summed E-state index contributed by atoms with van der Waals surface area (Å²) in [5.41, 5.74) is 2.18. The van der Waals surface area contributed by atoms with Crippen molar-refractivity contribution in [3.05, 3.63) is 54.4 Å². The van der Waals surface area contributed by atoms with Crippen LogP contribution < -0.4 is 10.6 Å². The maximum absolute atomic E-state index is 4.53. The number of hydrogen-bond donors (Lipinski definition) is 2. The molecule has 0 unspecified atom stereocenters. The lowest BCUT2D eigenvalue weighted by Gasteiger charge is -2.09. The molecule has 0 spiro atoms. The Labute approximate surface area is 102 Å². The van der Waals surface area contributed by atoms with Crippen LogP contribution in [0.25, 0.3) is 0 Å². The molecule has 2 N–H and O–H groups in total. The molecular formula is C14H17N3. The van der Waals surface area contributed by atoms with Crippen molar-refractivity contribution in [2.24, 2.45) is 4.99 Å². The fourth-order valence-corrected chi connectivity index (χ4v) is 1.74. The quantitative estimate of drug-likeness (QED) is 0.833. The number of allylic oxidation sites excluding steroid dienone is 1. The van der Waals surface area contributed by atoms with Crippen LogP contribution in [-0.2, 0) is 0 Å². The average Bonchev–Trinajstić information content (AvgIpc) is 2.52. The van der Waals surface area contributed by atoms with E-state index in [0.29, 0.717) is 0 Å². The van der Waals surface area contributed by atoms with Gasteiger partial charge in [0.05, 0.1) is 0 Å². The zero-order chi connectivity index (χ0) is 12.1. The van der Waals surface area contributed by atoms with Gasteiger partial charge in [-0.2, -0.15) is 0 Å². The van der Waals surface area contributed by atoms with Crippen molar-refractivity contribution in [3.63, 3.8) is 0 Å². The van der Waals surface area contributed by atoms with E-state index in [2.05, 4.69) is 22.2 Å². The topological polar surface area (TPSA) is 36.4 Å². The first-order chi connectivity index (χ1) is 8.29. The molecule has 1 aromatic rings. The fraction of sp³-hybridized carbons (Fsp3) is 0.214. The minimum atomic E-state index is 0.883. The second kappa shape index (κ2) is 5.34. The molecule has 3 heteroatoms. The van der Waals surface area contributed by atoms with Gasteiger partial charge in [0.25, 0.3) is 0 Å². The first-order valence-corrected chi connectivity index (χ1v) is 5.76. The van der Waals surface area contributed by atoms with Gasteiger partial charge in [0.1, 0.15) is 11.7 Å². The third-order valence-electron chi connectivity index (χ3n) is 2.64. The third kappa shape index (κ3) is 2.97. The first-order valence-electron chi connectivity index (χ1n) is 5.76. The summed E-state index contributed by atoms with van der Waals surface area (Å²) >= 11 is 0. The van der Waals surface area contributed by atoms with Gasteiger partial charge in [0, 0.05) is 12.2 Å². The molecule has 1 aliphatic heterocycles. The Kier molecular flexibility index (Phi) is 3.60. The number of amidine groups is 1. The van der Waals surface area contributed by atoms with Gasteiger partial charge >= 0.3 is 0 Å². The number of benzene rings is 1. The van der Waals surface area contributed by atoms with Gasteiger partial charge in [0.15, 0.2) is 0 Å². The summed E-state index contributed by atoms with van der Waals surface area (Å²) in [6.45, 7) is 6.72. The molecule has 3 nitrogen and oxygen atoms in total. The van der Waals surface area contributed by atoms with E-state index < -0.39 is 0 Å². The van der Waals surface area contributed by atoms with Crippen molar-refractivity contribution in [1.29, 1.82) is 0 Å². The van der Waals surface area contributed by atoms with Crippen LogP contribution in [0.1, 0.15) is 13.3 Å². The van der Waals surface area contributed by atoms with Crippen LogP contribution in [-0.4, -0.2) is 12.4 Å². The summed E-state index contributed by atoms with van der Waals surface area (Å²) < 4.78 is 0. The minimum absolute atomic E-state index is 0.883. The van der Waals surface area contributed by atoms with E-state index >= 15 is 0 Å². The van der Waals surface area contributed by atoms with Crippen LogP contribution in [0.2, 0.25) is 0 Å². The normalized spacial score (nSPS) is 15.7. The molecule has 17 heavy (non-hydrogen) atoms. The molecule has 0 atom stereocenters. The standard InChI is InChI=1S/C14H17N3/c1-3-12-9-10-15-11(2)16-14(12)17-13-7-5-4-6-8-13/h3-8,17H,1,9-10H2,2H3,(H,15,16). The molecule has 1 aliphatic rings. The number of anilines is 1. The molecule has 1 heterocycles. The number of nitrogens with zero attached hydrogens (tertiary/aromatic N) is 1. The number of aliphatic imine (C=N–C) groups is 1. The number of nitrogens with one attached hydrogen (secondary N) is 2. The molecule has 0 amide bonds. The minimum Gasteiger partial charge on any atom is -0.373 e. The maximum Gasteiger partial charge on any atom is 0.135 e. The molecule has 0 bridgehead atoms. The van der Waals surface area contributed by atoms with Gasteiger partial charge < -0.3 is 10.6 Å². The predicted molar refractivity (Wildman–Crippen MR) is 73.0 cm³/mol. The van der Waals surface area contributed by atoms with E-state index in [1.165, 1.54) is 0 Å². The Morgan fingerprint density at radius 2 is 2.12 bits per heavy atom.